The minimum absolute atomic E-state index is 0.116. The first-order valence-corrected chi connectivity index (χ1v) is 6.86. The molecular formula is C16H15FN2O3. The second-order valence-corrected chi connectivity index (χ2v) is 5.27. The van der Waals surface area contributed by atoms with Crippen molar-refractivity contribution in [3.63, 3.8) is 0 Å². The van der Waals surface area contributed by atoms with E-state index in [0.29, 0.717) is 22.6 Å². The summed E-state index contributed by atoms with van der Waals surface area (Å²) < 4.78 is 20.9. The molecule has 0 saturated heterocycles. The summed E-state index contributed by atoms with van der Waals surface area (Å²) in [6.45, 7) is 1.62. The summed E-state index contributed by atoms with van der Waals surface area (Å²) in [4.78, 5) is 23.7. The van der Waals surface area contributed by atoms with Gasteiger partial charge in [-0.05, 0) is 25.1 Å². The topological polar surface area (TPSA) is 60.3 Å². The van der Waals surface area contributed by atoms with Gasteiger partial charge in [0, 0.05) is 18.8 Å². The molecular weight excluding hydrogens is 287 g/mol. The number of halogens is 1. The average molecular weight is 302 g/mol. The maximum atomic E-state index is 13.9. The van der Waals surface area contributed by atoms with E-state index in [1.165, 1.54) is 19.1 Å². The predicted octanol–water partition coefficient (Wildman–Crippen LogP) is 2.23. The Kier molecular flexibility index (Phi) is 3.44. The van der Waals surface area contributed by atoms with Gasteiger partial charge in [0.25, 0.3) is 5.91 Å². The fourth-order valence-electron chi connectivity index (χ4n) is 2.57. The van der Waals surface area contributed by atoms with E-state index >= 15 is 0 Å². The van der Waals surface area contributed by atoms with Crippen molar-refractivity contribution in [1.29, 1.82) is 0 Å². The van der Waals surface area contributed by atoms with Gasteiger partial charge in [-0.25, -0.2) is 4.39 Å². The maximum Gasteiger partial charge on any atom is 0.268 e. The Labute approximate surface area is 126 Å². The smallest absolute Gasteiger partial charge is 0.268 e. The zero-order chi connectivity index (χ0) is 15.9. The Morgan fingerprint density at radius 1 is 1.41 bits per heavy atom. The van der Waals surface area contributed by atoms with E-state index in [-0.39, 0.29) is 18.3 Å². The molecule has 1 aliphatic rings. The van der Waals surface area contributed by atoms with Gasteiger partial charge < -0.3 is 14.6 Å². The number of nitrogens with zero attached hydrogens (tertiary/aromatic N) is 1. The van der Waals surface area contributed by atoms with Crippen molar-refractivity contribution >= 4 is 11.7 Å². The number of carbonyl (C=O) groups is 2. The van der Waals surface area contributed by atoms with Gasteiger partial charge in [0.1, 0.15) is 23.9 Å². The summed E-state index contributed by atoms with van der Waals surface area (Å²) in [5.41, 5.74) is 1.16. The lowest BCUT2D eigenvalue weighted by molar-refractivity contribution is 0.0921. The van der Waals surface area contributed by atoms with Crippen LogP contribution < -0.4 is 10.1 Å². The van der Waals surface area contributed by atoms with Gasteiger partial charge in [-0.1, -0.05) is 6.07 Å². The molecule has 1 atom stereocenters. The minimum Gasteiger partial charge on any atom is -0.491 e. The predicted molar refractivity (Wildman–Crippen MR) is 77.5 cm³/mol. The lowest BCUT2D eigenvalue weighted by Gasteiger charge is -2.12. The average Bonchev–Trinajstić information content (AvgIpc) is 3.04. The maximum absolute atomic E-state index is 13.9. The first kappa shape index (κ1) is 14.3. The van der Waals surface area contributed by atoms with Crippen molar-refractivity contribution in [3.8, 4) is 5.75 Å². The highest BCUT2D eigenvalue weighted by Crippen LogP contribution is 2.34. The third-order valence-corrected chi connectivity index (χ3v) is 3.72. The van der Waals surface area contributed by atoms with Crippen LogP contribution in [0.4, 0.5) is 4.39 Å². The summed E-state index contributed by atoms with van der Waals surface area (Å²) in [6.07, 6.45) is 1.59. The highest BCUT2D eigenvalue weighted by Gasteiger charge is 2.29. The van der Waals surface area contributed by atoms with Crippen molar-refractivity contribution in [2.75, 3.05) is 6.61 Å². The van der Waals surface area contributed by atoms with Crippen LogP contribution in [0.15, 0.2) is 30.5 Å². The van der Waals surface area contributed by atoms with Crippen LogP contribution in [0.5, 0.6) is 5.75 Å². The second-order valence-electron chi connectivity index (χ2n) is 5.27. The van der Waals surface area contributed by atoms with E-state index < -0.39 is 11.9 Å². The van der Waals surface area contributed by atoms with Gasteiger partial charge >= 0.3 is 0 Å². The molecule has 0 spiro atoms. The monoisotopic (exact) mass is 302 g/mol. The molecule has 0 fully saturated rings. The van der Waals surface area contributed by atoms with Gasteiger partial charge in [0.05, 0.1) is 11.6 Å². The number of aromatic nitrogens is 1. The molecule has 1 amide bonds. The number of nitrogens with one attached hydrogen (secondary N) is 1. The number of rotatable bonds is 3. The lowest BCUT2D eigenvalue weighted by atomic mass is 10.1. The lowest BCUT2D eigenvalue weighted by Crippen LogP contribution is -2.31. The molecule has 6 heteroatoms. The normalized spacial score (nSPS) is 16.0. The van der Waals surface area contributed by atoms with Crippen LogP contribution >= 0.6 is 0 Å². The van der Waals surface area contributed by atoms with Crippen LogP contribution in [0, 0.1) is 5.82 Å². The Bertz CT molecular complexity index is 767. The van der Waals surface area contributed by atoms with Crippen LogP contribution in [-0.2, 0) is 7.05 Å². The summed E-state index contributed by atoms with van der Waals surface area (Å²) >= 11 is 0. The first-order chi connectivity index (χ1) is 10.5. The van der Waals surface area contributed by atoms with Crippen molar-refractivity contribution in [1.82, 2.24) is 9.88 Å². The number of aryl methyl sites for hydroxylation is 1. The first-order valence-electron chi connectivity index (χ1n) is 6.86. The second kappa shape index (κ2) is 5.29. The molecule has 114 valence electrons. The molecule has 2 heterocycles. The third kappa shape index (κ3) is 2.36. The fraction of sp³-hybridized carbons (Fsp3) is 0.250. The quantitative estimate of drug-likeness (QED) is 0.885. The van der Waals surface area contributed by atoms with Gasteiger partial charge in [-0.2, -0.15) is 0 Å². The number of carbonyl (C=O) groups excluding carboxylic acids is 2. The Morgan fingerprint density at radius 3 is 2.86 bits per heavy atom. The minimum atomic E-state index is -0.542. The van der Waals surface area contributed by atoms with Gasteiger partial charge in [0.15, 0.2) is 5.78 Å². The van der Waals surface area contributed by atoms with E-state index in [1.54, 1.807) is 29.9 Å². The molecule has 0 bridgehead atoms. The molecule has 1 aliphatic heterocycles. The molecule has 1 N–H and O–H groups in total. The molecule has 0 saturated carbocycles. The number of ketones is 1. The molecule has 1 aromatic carbocycles. The van der Waals surface area contributed by atoms with Gasteiger partial charge in [-0.15, -0.1) is 0 Å². The summed E-state index contributed by atoms with van der Waals surface area (Å²) in [5.74, 6) is -0.451. The van der Waals surface area contributed by atoms with Crippen molar-refractivity contribution < 1.29 is 18.7 Å². The number of benzene rings is 1. The van der Waals surface area contributed by atoms with E-state index in [2.05, 4.69) is 5.32 Å². The molecule has 3 rings (SSSR count). The summed E-state index contributed by atoms with van der Waals surface area (Å²) in [7, 11) is 1.68. The summed E-state index contributed by atoms with van der Waals surface area (Å²) in [6, 6.07) is 5.55. The van der Waals surface area contributed by atoms with E-state index in [1.807, 2.05) is 0 Å². The van der Waals surface area contributed by atoms with Crippen LogP contribution in [0.1, 0.15) is 39.4 Å². The highest BCUT2D eigenvalue weighted by molar-refractivity contribution is 5.99. The van der Waals surface area contributed by atoms with Crippen LogP contribution in [0.3, 0.4) is 0 Å². The SMILES string of the molecule is CC(=O)c1cc(C(=O)N[C@H]2COc3cccc(F)c32)n(C)c1. The largest absolute Gasteiger partial charge is 0.491 e. The molecule has 0 aliphatic carbocycles. The number of amides is 1. The number of fused-ring (bicyclic) bond motifs is 1. The highest BCUT2D eigenvalue weighted by atomic mass is 19.1. The number of hydrogen-bond donors (Lipinski definition) is 1. The van der Waals surface area contributed by atoms with Crippen LogP contribution in [0.2, 0.25) is 0 Å². The van der Waals surface area contributed by atoms with Gasteiger partial charge in [0.2, 0.25) is 0 Å². The van der Waals surface area contributed by atoms with E-state index in [9.17, 15) is 14.0 Å². The molecule has 0 radical (unpaired) electrons. The molecule has 2 aromatic rings. The molecule has 5 nitrogen and oxygen atoms in total. The van der Waals surface area contributed by atoms with Crippen molar-refractivity contribution in [2.45, 2.75) is 13.0 Å². The van der Waals surface area contributed by atoms with Crippen molar-refractivity contribution in [2.24, 2.45) is 7.05 Å². The molecule has 1 aromatic heterocycles. The number of ether oxygens (including phenoxy) is 1. The van der Waals surface area contributed by atoms with Crippen LogP contribution in [0.25, 0.3) is 0 Å². The Morgan fingerprint density at radius 2 is 2.18 bits per heavy atom. The summed E-state index contributed by atoms with van der Waals surface area (Å²) in [5, 5.41) is 2.75. The number of Topliss-reactive ketones (excluding diaryl/α,β-unsaturated/α-hetero) is 1. The van der Waals surface area contributed by atoms with E-state index in [0.717, 1.165) is 0 Å². The van der Waals surface area contributed by atoms with Crippen LogP contribution in [-0.4, -0.2) is 22.9 Å². The standard InChI is InChI=1S/C16H15FN2O3/c1-9(20)10-6-13(19(2)7-10)16(21)18-12-8-22-14-5-3-4-11(17)15(12)14/h3-7,12H,8H2,1-2H3,(H,18,21)/t12-/m0/s1. The Balaban J connectivity index is 1.84. The number of hydrogen-bond acceptors (Lipinski definition) is 3. The van der Waals surface area contributed by atoms with E-state index in [4.69, 9.17) is 4.74 Å². The zero-order valence-electron chi connectivity index (χ0n) is 12.2. The van der Waals surface area contributed by atoms with Gasteiger partial charge in [-0.3, -0.25) is 9.59 Å². The van der Waals surface area contributed by atoms with Crippen molar-refractivity contribution in [3.05, 3.63) is 53.1 Å². The fourth-order valence-corrected chi connectivity index (χ4v) is 2.57. The molecule has 22 heavy (non-hydrogen) atoms. The zero-order valence-corrected chi connectivity index (χ0v) is 12.2. The Hall–Kier alpha value is -2.63. The third-order valence-electron chi connectivity index (χ3n) is 3.72. The molecule has 0 unspecified atom stereocenters.